The van der Waals surface area contributed by atoms with Crippen LogP contribution in [0.25, 0.3) is 11.0 Å². The smallest absolute Gasteiger partial charge is 0.114 e. The number of hydrogen-bond acceptors (Lipinski definition) is 4. The molecule has 1 aliphatic heterocycles. The molecule has 1 fully saturated rings. The van der Waals surface area contributed by atoms with Crippen molar-refractivity contribution in [1.82, 2.24) is 25.8 Å². The number of fused-ring (bicyclic) bond motifs is 1. The van der Waals surface area contributed by atoms with Gasteiger partial charge in [0.15, 0.2) is 0 Å². The molecule has 26 heavy (non-hydrogen) atoms. The maximum absolute atomic E-state index is 4.89. The third kappa shape index (κ3) is 2.58. The van der Waals surface area contributed by atoms with Crippen molar-refractivity contribution >= 4 is 11.0 Å². The first-order valence-corrected chi connectivity index (χ1v) is 8.81. The summed E-state index contributed by atoms with van der Waals surface area (Å²) in [5.74, 6) is 1.10. The Hall–Kier alpha value is -3.02. The van der Waals surface area contributed by atoms with Crippen molar-refractivity contribution in [3.63, 3.8) is 0 Å². The molecule has 0 saturated carbocycles. The quantitative estimate of drug-likeness (QED) is 0.532. The van der Waals surface area contributed by atoms with E-state index in [1.807, 2.05) is 36.5 Å². The van der Waals surface area contributed by atoms with Crippen LogP contribution in [0, 0.1) is 0 Å². The van der Waals surface area contributed by atoms with E-state index in [0.717, 1.165) is 22.4 Å². The molecule has 2 aromatic heterocycles. The van der Waals surface area contributed by atoms with E-state index in [1.54, 1.807) is 6.20 Å². The summed E-state index contributed by atoms with van der Waals surface area (Å²) in [7, 11) is 0. The zero-order valence-corrected chi connectivity index (χ0v) is 14.1. The predicted molar refractivity (Wildman–Crippen MR) is 101 cm³/mol. The molecule has 5 nitrogen and oxygen atoms in total. The normalized spacial score (nSPS) is 22.7. The van der Waals surface area contributed by atoms with Crippen molar-refractivity contribution in [3.05, 3.63) is 96.1 Å². The number of imidazole rings is 1. The Balaban J connectivity index is 1.63. The number of nitrogens with zero attached hydrogens (tertiary/aromatic N) is 2. The molecule has 0 radical (unpaired) electrons. The summed E-state index contributed by atoms with van der Waals surface area (Å²) in [6.07, 6.45) is 3.72. The van der Waals surface area contributed by atoms with Crippen LogP contribution in [-0.4, -0.2) is 15.0 Å². The van der Waals surface area contributed by atoms with Crippen molar-refractivity contribution in [2.24, 2.45) is 0 Å². The van der Waals surface area contributed by atoms with E-state index in [1.165, 1.54) is 5.56 Å². The predicted octanol–water partition coefficient (Wildman–Crippen LogP) is 3.63. The minimum absolute atomic E-state index is 0.0782. The van der Waals surface area contributed by atoms with Crippen LogP contribution in [0.3, 0.4) is 0 Å². The molecule has 0 bridgehead atoms. The summed E-state index contributed by atoms with van der Waals surface area (Å²) < 4.78 is 0. The number of H-pyrrole nitrogens is 1. The standard InChI is InChI=1S/C21H19N5/c1-2-7-14(8-3-1)19-18(20(26-25-19)15-9-6-12-22-13-15)21-23-16-10-4-5-11-17(16)24-21/h1-13,18-20,25-26H,(H,23,24). The summed E-state index contributed by atoms with van der Waals surface area (Å²) in [6.45, 7) is 0. The third-order valence-electron chi connectivity index (χ3n) is 5.04. The van der Waals surface area contributed by atoms with Gasteiger partial charge < -0.3 is 4.98 Å². The number of aromatic nitrogens is 3. The SMILES string of the molecule is c1ccc(C2NNC(c3cccnc3)C2c2nc3ccccc3[nH]2)cc1. The molecule has 2 aromatic carbocycles. The van der Waals surface area contributed by atoms with Gasteiger partial charge in [-0.3, -0.25) is 4.98 Å². The lowest BCUT2D eigenvalue weighted by Crippen LogP contribution is -2.26. The van der Waals surface area contributed by atoms with Crippen LogP contribution in [0.4, 0.5) is 0 Å². The van der Waals surface area contributed by atoms with Gasteiger partial charge in [0.05, 0.1) is 29.0 Å². The Morgan fingerprint density at radius 3 is 2.23 bits per heavy atom. The summed E-state index contributed by atoms with van der Waals surface area (Å²) in [5.41, 5.74) is 11.4. The third-order valence-corrected chi connectivity index (χ3v) is 5.04. The fourth-order valence-electron chi connectivity index (χ4n) is 3.80. The van der Waals surface area contributed by atoms with Crippen molar-refractivity contribution in [2.75, 3.05) is 0 Å². The van der Waals surface area contributed by atoms with Crippen molar-refractivity contribution in [1.29, 1.82) is 0 Å². The molecule has 1 aliphatic rings. The van der Waals surface area contributed by atoms with Crippen molar-refractivity contribution < 1.29 is 0 Å². The first kappa shape index (κ1) is 15.3. The minimum Gasteiger partial charge on any atom is -0.342 e. The number of para-hydroxylation sites is 2. The van der Waals surface area contributed by atoms with Gasteiger partial charge in [0, 0.05) is 12.4 Å². The zero-order chi connectivity index (χ0) is 17.3. The number of benzene rings is 2. The van der Waals surface area contributed by atoms with Gasteiger partial charge in [-0.05, 0) is 29.3 Å². The number of pyridine rings is 1. The highest BCUT2D eigenvalue weighted by molar-refractivity contribution is 5.75. The largest absolute Gasteiger partial charge is 0.342 e. The lowest BCUT2D eigenvalue weighted by Gasteiger charge is -2.21. The molecule has 0 amide bonds. The summed E-state index contributed by atoms with van der Waals surface area (Å²) in [6, 6.07) is 22.9. The van der Waals surface area contributed by atoms with E-state index in [-0.39, 0.29) is 18.0 Å². The summed E-state index contributed by atoms with van der Waals surface area (Å²) in [5, 5.41) is 0. The van der Waals surface area contributed by atoms with Crippen LogP contribution >= 0.6 is 0 Å². The average molecular weight is 341 g/mol. The molecule has 3 atom stereocenters. The molecule has 3 heterocycles. The van der Waals surface area contributed by atoms with E-state index < -0.39 is 0 Å². The van der Waals surface area contributed by atoms with E-state index in [9.17, 15) is 0 Å². The molecule has 0 spiro atoms. The first-order valence-electron chi connectivity index (χ1n) is 8.81. The maximum Gasteiger partial charge on any atom is 0.114 e. The van der Waals surface area contributed by atoms with Gasteiger partial charge in [-0.2, -0.15) is 0 Å². The molecule has 1 saturated heterocycles. The lowest BCUT2D eigenvalue weighted by molar-refractivity contribution is 0.529. The monoisotopic (exact) mass is 341 g/mol. The number of aromatic amines is 1. The molecule has 3 N–H and O–H groups in total. The zero-order valence-electron chi connectivity index (χ0n) is 14.1. The molecule has 0 aliphatic carbocycles. The van der Waals surface area contributed by atoms with Gasteiger partial charge in [0.2, 0.25) is 0 Å². The second-order valence-electron chi connectivity index (χ2n) is 6.61. The Kier molecular flexibility index (Phi) is 3.74. The lowest BCUT2D eigenvalue weighted by atomic mass is 9.86. The Morgan fingerprint density at radius 1 is 0.731 bits per heavy atom. The van der Waals surface area contributed by atoms with Gasteiger partial charge in [-0.25, -0.2) is 15.8 Å². The number of nitrogens with one attached hydrogen (secondary N) is 3. The Bertz CT molecular complexity index is 932. The van der Waals surface area contributed by atoms with Crippen LogP contribution in [0.1, 0.15) is 35.0 Å². The van der Waals surface area contributed by atoms with Crippen molar-refractivity contribution in [3.8, 4) is 0 Å². The van der Waals surface area contributed by atoms with Crippen LogP contribution < -0.4 is 10.9 Å². The van der Waals surface area contributed by atoms with Crippen molar-refractivity contribution in [2.45, 2.75) is 18.0 Å². The molecular formula is C21H19N5. The highest BCUT2D eigenvalue weighted by Crippen LogP contribution is 2.43. The fraction of sp³-hybridized carbons (Fsp3) is 0.143. The Labute approximate surface area is 151 Å². The average Bonchev–Trinajstić information content (AvgIpc) is 3.33. The first-order chi connectivity index (χ1) is 12.9. The van der Waals surface area contributed by atoms with Gasteiger partial charge in [-0.15, -0.1) is 0 Å². The second kappa shape index (κ2) is 6.37. The van der Waals surface area contributed by atoms with Crippen LogP contribution in [0.2, 0.25) is 0 Å². The Morgan fingerprint density at radius 2 is 1.46 bits per heavy atom. The van der Waals surface area contributed by atoms with Gasteiger partial charge in [0.25, 0.3) is 0 Å². The van der Waals surface area contributed by atoms with E-state index in [0.29, 0.717) is 0 Å². The number of hydrazine groups is 1. The van der Waals surface area contributed by atoms with Gasteiger partial charge in [-0.1, -0.05) is 48.5 Å². The minimum atomic E-state index is 0.0782. The number of rotatable bonds is 3. The van der Waals surface area contributed by atoms with E-state index >= 15 is 0 Å². The topological polar surface area (TPSA) is 65.6 Å². The summed E-state index contributed by atoms with van der Waals surface area (Å²) >= 11 is 0. The molecular weight excluding hydrogens is 322 g/mol. The van der Waals surface area contributed by atoms with E-state index in [2.05, 4.69) is 57.2 Å². The summed E-state index contributed by atoms with van der Waals surface area (Å²) in [4.78, 5) is 12.7. The van der Waals surface area contributed by atoms with E-state index in [4.69, 9.17) is 4.98 Å². The van der Waals surface area contributed by atoms with Crippen LogP contribution in [0.5, 0.6) is 0 Å². The molecule has 5 heteroatoms. The highest BCUT2D eigenvalue weighted by atomic mass is 15.4. The molecule has 4 aromatic rings. The number of hydrogen-bond donors (Lipinski definition) is 3. The van der Waals surface area contributed by atoms with Crippen LogP contribution in [0.15, 0.2) is 79.1 Å². The fourth-order valence-corrected chi connectivity index (χ4v) is 3.80. The molecule has 5 rings (SSSR count). The highest BCUT2D eigenvalue weighted by Gasteiger charge is 2.40. The maximum atomic E-state index is 4.89. The molecule has 128 valence electrons. The van der Waals surface area contributed by atoms with Gasteiger partial charge in [0.1, 0.15) is 5.82 Å². The second-order valence-corrected chi connectivity index (χ2v) is 6.61. The molecule has 3 unspecified atom stereocenters. The van der Waals surface area contributed by atoms with Gasteiger partial charge >= 0.3 is 0 Å². The van der Waals surface area contributed by atoms with Crippen LogP contribution in [-0.2, 0) is 0 Å².